The summed E-state index contributed by atoms with van der Waals surface area (Å²) in [5, 5.41) is 0. The van der Waals surface area contributed by atoms with Crippen LogP contribution in [0.5, 0.6) is 0 Å². The summed E-state index contributed by atoms with van der Waals surface area (Å²) in [5.74, 6) is 1.83. The third-order valence-corrected chi connectivity index (χ3v) is 3.27. The molecule has 0 saturated heterocycles. The van der Waals surface area contributed by atoms with Gasteiger partial charge in [0.25, 0.3) is 0 Å². The first-order chi connectivity index (χ1) is 5.26. The molecule has 1 rings (SSSR count). The second-order valence-electron chi connectivity index (χ2n) is 6.37. The molecule has 0 radical (unpaired) electrons. The average Bonchev–Trinajstić information content (AvgIpc) is 2.37. The molecule has 0 nitrogen and oxygen atoms in total. The predicted molar refractivity (Wildman–Crippen MR) is 55.1 cm³/mol. The van der Waals surface area contributed by atoms with Gasteiger partial charge in [0.1, 0.15) is 0 Å². The molecule has 0 aromatic heterocycles. The molecule has 0 aromatic rings. The molecule has 0 bridgehead atoms. The van der Waals surface area contributed by atoms with Gasteiger partial charge >= 0.3 is 0 Å². The van der Waals surface area contributed by atoms with E-state index >= 15 is 0 Å². The smallest absolute Gasteiger partial charge is 0.0287 e. The first-order valence-corrected chi connectivity index (χ1v) is 5.26. The van der Waals surface area contributed by atoms with Crippen molar-refractivity contribution in [1.82, 2.24) is 0 Å². The average molecular weight is 168 g/mol. The van der Waals surface area contributed by atoms with Crippen LogP contribution in [0.2, 0.25) is 0 Å². The molecule has 0 amide bonds. The van der Waals surface area contributed by atoms with E-state index in [1.807, 2.05) is 0 Å². The Hall–Kier alpha value is 0. The van der Waals surface area contributed by atoms with Crippen LogP contribution in [-0.2, 0) is 0 Å². The van der Waals surface area contributed by atoms with Crippen molar-refractivity contribution < 1.29 is 0 Å². The van der Waals surface area contributed by atoms with E-state index in [0.717, 1.165) is 11.8 Å². The molecule has 72 valence electrons. The zero-order chi connectivity index (χ0) is 9.57. The van der Waals surface area contributed by atoms with Crippen molar-refractivity contribution in [3.63, 3.8) is 0 Å². The molecule has 2 unspecified atom stereocenters. The first-order valence-electron chi connectivity index (χ1n) is 5.26. The Kier molecular flexibility index (Phi) is 2.31. The van der Waals surface area contributed by atoms with Crippen molar-refractivity contribution >= 4 is 0 Å². The lowest BCUT2D eigenvalue weighted by Crippen LogP contribution is -2.15. The van der Waals surface area contributed by atoms with Crippen molar-refractivity contribution in [2.75, 3.05) is 0 Å². The summed E-state index contributed by atoms with van der Waals surface area (Å²) in [6.45, 7) is 14.3. The Morgan fingerprint density at radius 3 is 2.08 bits per heavy atom. The third kappa shape index (κ3) is 2.02. The van der Waals surface area contributed by atoms with Crippen molar-refractivity contribution in [1.29, 1.82) is 0 Å². The highest BCUT2D eigenvalue weighted by atomic mass is 14.6. The van der Waals surface area contributed by atoms with Crippen molar-refractivity contribution in [2.24, 2.45) is 22.7 Å². The highest BCUT2D eigenvalue weighted by Gasteiger charge is 2.54. The van der Waals surface area contributed by atoms with Crippen LogP contribution in [0, 0.1) is 22.7 Å². The molecule has 2 atom stereocenters. The third-order valence-electron chi connectivity index (χ3n) is 3.27. The number of rotatable bonds is 2. The van der Waals surface area contributed by atoms with Crippen LogP contribution in [-0.4, -0.2) is 0 Å². The molecule has 1 aliphatic carbocycles. The Bertz CT molecular complexity index is 161. The molecule has 1 aliphatic rings. The van der Waals surface area contributed by atoms with E-state index < -0.39 is 0 Å². The maximum absolute atomic E-state index is 2.46. The van der Waals surface area contributed by atoms with E-state index in [4.69, 9.17) is 0 Å². The number of hydrogen-bond donors (Lipinski definition) is 0. The molecular weight excluding hydrogens is 144 g/mol. The van der Waals surface area contributed by atoms with E-state index in [1.54, 1.807) is 0 Å². The molecule has 0 heterocycles. The molecule has 12 heavy (non-hydrogen) atoms. The zero-order valence-corrected chi connectivity index (χ0v) is 9.57. The summed E-state index contributed by atoms with van der Waals surface area (Å²) in [6.07, 6.45) is 2.86. The fourth-order valence-electron chi connectivity index (χ4n) is 2.92. The van der Waals surface area contributed by atoms with Crippen LogP contribution in [0.3, 0.4) is 0 Å². The van der Waals surface area contributed by atoms with Crippen molar-refractivity contribution in [3.05, 3.63) is 0 Å². The molecular formula is C12H24. The van der Waals surface area contributed by atoms with Crippen LogP contribution in [0.1, 0.15) is 54.4 Å². The fraction of sp³-hybridized carbons (Fsp3) is 1.00. The highest BCUT2D eigenvalue weighted by molar-refractivity contribution is 5.04. The van der Waals surface area contributed by atoms with E-state index in [0.29, 0.717) is 10.8 Å². The lowest BCUT2D eigenvalue weighted by molar-refractivity contribution is 0.265. The zero-order valence-electron chi connectivity index (χ0n) is 9.57. The van der Waals surface area contributed by atoms with Crippen LogP contribution in [0.4, 0.5) is 0 Å². The SMILES string of the molecule is CC(C)CC1(C)CC1C(C)(C)C. The molecule has 0 aromatic carbocycles. The van der Waals surface area contributed by atoms with E-state index in [1.165, 1.54) is 12.8 Å². The Balaban J connectivity index is 2.48. The molecule has 0 heteroatoms. The maximum atomic E-state index is 2.46. The lowest BCUT2D eigenvalue weighted by Gasteiger charge is -2.23. The van der Waals surface area contributed by atoms with E-state index in [9.17, 15) is 0 Å². The minimum Gasteiger partial charge on any atom is -0.0628 e. The van der Waals surface area contributed by atoms with Crippen LogP contribution >= 0.6 is 0 Å². The van der Waals surface area contributed by atoms with E-state index in [-0.39, 0.29) is 0 Å². The van der Waals surface area contributed by atoms with Gasteiger partial charge in [-0.3, -0.25) is 0 Å². The fourth-order valence-corrected chi connectivity index (χ4v) is 2.92. The Morgan fingerprint density at radius 1 is 1.33 bits per heavy atom. The van der Waals surface area contributed by atoms with Crippen LogP contribution < -0.4 is 0 Å². The van der Waals surface area contributed by atoms with E-state index in [2.05, 4.69) is 41.5 Å². The lowest BCUT2D eigenvalue weighted by atomic mass is 9.82. The predicted octanol–water partition coefficient (Wildman–Crippen LogP) is 4.10. The van der Waals surface area contributed by atoms with Gasteiger partial charge in [-0.1, -0.05) is 41.5 Å². The number of hydrogen-bond acceptors (Lipinski definition) is 0. The standard InChI is InChI=1S/C12H24/c1-9(2)7-12(6)8-10(12)11(3,4)5/h9-10H,7-8H2,1-6H3. The van der Waals surface area contributed by atoms with Gasteiger partial charge < -0.3 is 0 Å². The molecule has 1 fully saturated rings. The van der Waals surface area contributed by atoms with Gasteiger partial charge in [0.15, 0.2) is 0 Å². The molecule has 0 N–H and O–H groups in total. The Labute approximate surface area is 77.7 Å². The summed E-state index contributed by atoms with van der Waals surface area (Å²) in [7, 11) is 0. The van der Waals surface area contributed by atoms with Gasteiger partial charge in [-0.15, -0.1) is 0 Å². The summed E-state index contributed by atoms with van der Waals surface area (Å²) in [6, 6.07) is 0. The molecule has 0 aliphatic heterocycles. The topological polar surface area (TPSA) is 0 Å². The van der Waals surface area contributed by atoms with Gasteiger partial charge in [0, 0.05) is 0 Å². The van der Waals surface area contributed by atoms with Crippen molar-refractivity contribution in [3.8, 4) is 0 Å². The van der Waals surface area contributed by atoms with Gasteiger partial charge in [-0.2, -0.15) is 0 Å². The maximum Gasteiger partial charge on any atom is -0.0287 e. The normalized spacial score (nSPS) is 35.8. The second kappa shape index (κ2) is 2.75. The summed E-state index contributed by atoms with van der Waals surface area (Å²) in [4.78, 5) is 0. The summed E-state index contributed by atoms with van der Waals surface area (Å²) in [5.41, 5.74) is 1.20. The quantitative estimate of drug-likeness (QED) is 0.582. The monoisotopic (exact) mass is 168 g/mol. The van der Waals surface area contributed by atoms with Gasteiger partial charge in [-0.05, 0) is 35.5 Å². The highest BCUT2D eigenvalue weighted by Crippen LogP contribution is 2.63. The molecule has 1 saturated carbocycles. The summed E-state index contributed by atoms with van der Waals surface area (Å²) < 4.78 is 0. The van der Waals surface area contributed by atoms with Crippen LogP contribution in [0.25, 0.3) is 0 Å². The minimum atomic E-state index is 0.531. The second-order valence-corrected chi connectivity index (χ2v) is 6.37. The first kappa shape index (κ1) is 10.1. The van der Waals surface area contributed by atoms with Crippen molar-refractivity contribution in [2.45, 2.75) is 54.4 Å². The minimum absolute atomic E-state index is 0.531. The van der Waals surface area contributed by atoms with Gasteiger partial charge in [0.2, 0.25) is 0 Å². The van der Waals surface area contributed by atoms with Gasteiger partial charge in [0.05, 0.1) is 0 Å². The van der Waals surface area contributed by atoms with Gasteiger partial charge in [-0.25, -0.2) is 0 Å². The van der Waals surface area contributed by atoms with Crippen LogP contribution in [0.15, 0.2) is 0 Å². The summed E-state index contributed by atoms with van der Waals surface area (Å²) >= 11 is 0. The Morgan fingerprint density at radius 2 is 1.83 bits per heavy atom. The largest absolute Gasteiger partial charge is 0.0628 e. The molecule has 0 spiro atoms.